The van der Waals surface area contributed by atoms with E-state index in [1.54, 1.807) is 20.8 Å². The second-order valence-corrected chi connectivity index (χ2v) is 12.2. The summed E-state index contributed by atoms with van der Waals surface area (Å²) in [4.78, 5) is 58.5. The first-order chi connectivity index (χ1) is 20.6. The molecule has 1 unspecified atom stereocenters. The van der Waals surface area contributed by atoms with Gasteiger partial charge in [0.2, 0.25) is 5.91 Å². The average molecular weight is 592 g/mol. The number of cyclic esters (lactones) is 1. The maximum Gasteiger partial charge on any atom is 0.319 e. The first-order valence-corrected chi connectivity index (χ1v) is 15.1. The Balaban J connectivity index is 1.53. The molecule has 2 fully saturated rings. The van der Waals surface area contributed by atoms with E-state index in [2.05, 4.69) is 16.1 Å². The largest absolute Gasteiger partial charge is 0.451 e. The van der Waals surface area contributed by atoms with E-state index in [1.165, 1.54) is 5.01 Å². The molecule has 230 valence electrons. The van der Waals surface area contributed by atoms with Crippen molar-refractivity contribution in [2.24, 2.45) is 11.3 Å². The second-order valence-electron chi connectivity index (χ2n) is 12.2. The predicted octanol–water partition coefficient (Wildman–Crippen LogP) is 2.80. The summed E-state index contributed by atoms with van der Waals surface area (Å²) in [6, 6.07) is 7.80. The number of nitrogens with one attached hydrogen (secondary N) is 3. The van der Waals surface area contributed by atoms with Crippen molar-refractivity contribution >= 4 is 40.7 Å². The lowest BCUT2D eigenvalue weighted by Crippen LogP contribution is -2.61. The van der Waals surface area contributed by atoms with Crippen LogP contribution in [0.15, 0.2) is 36.4 Å². The maximum absolute atomic E-state index is 13.8. The van der Waals surface area contributed by atoms with Crippen LogP contribution in [0.3, 0.4) is 0 Å². The Kier molecular flexibility index (Phi) is 9.12. The zero-order valence-electron chi connectivity index (χ0n) is 25.2. The first-order valence-electron chi connectivity index (χ1n) is 15.1. The quantitative estimate of drug-likeness (QED) is 0.431. The number of carbonyl (C=O) groups is 4. The predicted molar refractivity (Wildman–Crippen MR) is 160 cm³/mol. The van der Waals surface area contributed by atoms with Crippen LogP contribution < -0.4 is 16.1 Å². The van der Waals surface area contributed by atoms with Crippen molar-refractivity contribution in [3.8, 4) is 0 Å². The van der Waals surface area contributed by atoms with Crippen LogP contribution in [0.4, 0.5) is 0 Å². The molecule has 1 aromatic carbocycles. The van der Waals surface area contributed by atoms with Gasteiger partial charge in [-0.1, -0.05) is 44.2 Å². The SMILES string of the molecule is CC(C)[C@@H]1OC(=O)C2(/C=C/c3ccc4ccc(nc4c3)[C@@H](C)NC(=O)[C@@H]3CCCN(N3)C(=O)[C@H](C)NC1=O)CCCOC2. The highest BCUT2D eigenvalue weighted by Gasteiger charge is 2.43. The summed E-state index contributed by atoms with van der Waals surface area (Å²) in [6.07, 6.45) is 4.92. The Labute approximate surface area is 251 Å². The van der Waals surface area contributed by atoms with Gasteiger partial charge in [-0.25, -0.2) is 5.43 Å². The number of hydrogen-bond acceptors (Lipinski definition) is 8. The van der Waals surface area contributed by atoms with Gasteiger partial charge in [0.25, 0.3) is 11.8 Å². The van der Waals surface area contributed by atoms with Crippen molar-refractivity contribution in [1.29, 1.82) is 0 Å². The van der Waals surface area contributed by atoms with E-state index in [9.17, 15) is 19.2 Å². The highest BCUT2D eigenvalue weighted by molar-refractivity contribution is 5.92. The van der Waals surface area contributed by atoms with Gasteiger partial charge in [0, 0.05) is 18.5 Å². The van der Waals surface area contributed by atoms with Gasteiger partial charge in [-0.3, -0.25) is 29.2 Å². The van der Waals surface area contributed by atoms with Crippen molar-refractivity contribution in [3.63, 3.8) is 0 Å². The molecule has 3 amide bonds. The van der Waals surface area contributed by atoms with Gasteiger partial charge in [0.1, 0.15) is 17.5 Å². The molecule has 43 heavy (non-hydrogen) atoms. The summed E-state index contributed by atoms with van der Waals surface area (Å²) in [5, 5.41) is 8.08. The zero-order chi connectivity index (χ0) is 30.7. The number of rotatable bonds is 1. The van der Waals surface area contributed by atoms with Crippen molar-refractivity contribution < 1.29 is 28.7 Å². The smallest absolute Gasteiger partial charge is 0.319 e. The molecule has 5 atom stereocenters. The van der Waals surface area contributed by atoms with E-state index in [1.807, 2.05) is 49.4 Å². The van der Waals surface area contributed by atoms with Crippen LogP contribution in [0.2, 0.25) is 0 Å². The molecule has 3 N–H and O–H groups in total. The lowest BCUT2D eigenvalue weighted by molar-refractivity contribution is -0.171. The molecule has 5 rings (SSSR count). The molecule has 0 radical (unpaired) electrons. The standard InChI is InChI=1S/C32H41N5O6/c1-19(2)27-29(39)34-21(4)30(40)37-15-5-7-25(36-37)28(38)33-20(3)24-11-10-23-9-8-22(17-26(23)35-24)12-14-32(31(41)43-27)13-6-16-42-18-32/h8-12,14,17,19-21,25,27,36H,5-7,13,15-16,18H2,1-4H3,(H,33,38)(H,34,39)/b14-12+/t20-,21+,25+,27+,32?/m1/s1. The molecule has 0 saturated carbocycles. The fourth-order valence-electron chi connectivity index (χ4n) is 5.77. The van der Waals surface area contributed by atoms with Crippen LogP contribution in [0.5, 0.6) is 0 Å². The number of hydrazine groups is 1. The molecule has 1 spiro atoms. The van der Waals surface area contributed by atoms with Gasteiger partial charge in [-0.2, -0.15) is 0 Å². The summed E-state index contributed by atoms with van der Waals surface area (Å²) in [5.74, 6) is -2.06. The van der Waals surface area contributed by atoms with E-state index in [0.29, 0.717) is 44.5 Å². The normalized spacial score (nSPS) is 30.2. The number of carbonyl (C=O) groups excluding carboxylic acids is 4. The van der Waals surface area contributed by atoms with Gasteiger partial charge >= 0.3 is 5.97 Å². The Hall–Kier alpha value is -3.83. The molecule has 11 heteroatoms. The maximum atomic E-state index is 13.8. The lowest BCUT2D eigenvalue weighted by Gasteiger charge is -2.36. The third-order valence-corrected chi connectivity index (χ3v) is 8.41. The average Bonchev–Trinajstić information content (AvgIpc) is 3.01. The minimum atomic E-state index is -1.11. The van der Waals surface area contributed by atoms with Crippen LogP contribution >= 0.6 is 0 Å². The summed E-state index contributed by atoms with van der Waals surface area (Å²) < 4.78 is 11.6. The van der Waals surface area contributed by atoms with Gasteiger partial charge in [0.15, 0.2) is 6.10 Å². The molecular formula is C32H41N5O6. The van der Waals surface area contributed by atoms with E-state index in [0.717, 1.165) is 16.5 Å². The molecule has 2 aromatic rings. The minimum Gasteiger partial charge on any atom is -0.451 e. The number of aromatic nitrogens is 1. The monoisotopic (exact) mass is 591 g/mol. The third-order valence-electron chi connectivity index (χ3n) is 8.41. The van der Waals surface area contributed by atoms with Crippen molar-refractivity contribution in [1.82, 2.24) is 26.1 Å². The third kappa shape index (κ3) is 6.73. The zero-order valence-corrected chi connectivity index (χ0v) is 25.2. The molecule has 11 nitrogen and oxygen atoms in total. The Morgan fingerprint density at radius 1 is 1.00 bits per heavy atom. The van der Waals surface area contributed by atoms with Crippen LogP contribution in [-0.4, -0.2) is 71.6 Å². The second kappa shape index (κ2) is 12.8. The fourth-order valence-corrected chi connectivity index (χ4v) is 5.77. The molecule has 0 aliphatic carbocycles. The number of fused-ring (bicyclic) bond motifs is 4. The highest BCUT2D eigenvalue weighted by atomic mass is 16.6. The minimum absolute atomic E-state index is 0.138. The van der Waals surface area contributed by atoms with E-state index in [4.69, 9.17) is 14.5 Å². The Morgan fingerprint density at radius 3 is 2.51 bits per heavy atom. The summed E-state index contributed by atoms with van der Waals surface area (Å²) in [7, 11) is 0. The van der Waals surface area contributed by atoms with Crippen molar-refractivity contribution in [2.45, 2.75) is 77.6 Å². The first kappa shape index (κ1) is 30.6. The molecule has 4 heterocycles. The van der Waals surface area contributed by atoms with Gasteiger partial charge in [-0.15, -0.1) is 0 Å². The topological polar surface area (TPSA) is 139 Å². The molecule has 3 aliphatic heterocycles. The van der Waals surface area contributed by atoms with Gasteiger partial charge in [0.05, 0.1) is 23.9 Å². The lowest BCUT2D eigenvalue weighted by atomic mass is 9.81. The Bertz CT molecular complexity index is 1420. The number of ether oxygens (including phenoxy) is 2. The summed E-state index contributed by atoms with van der Waals surface area (Å²) in [5.41, 5.74) is 4.26. The number of benzene rings is 1. The van der Waals surface area contributed by atoms with Crippen LogP contribution in [-0.2, 0) is 28.7 Å². The Morgan fingerprint density at radius 2 is 1.77 bits per heavy atom. The van der Waals surface area contributed by atoms with Crippen LogP contribution in [0, 0.1) is 11.3 Å². The van der Waals surface area contributed by atoms with E-state index in [-0.39, 0.29) is 30.4 Å². The van der Waals surface area contributed by atoms with E-state index >= 15 is 0 Å². The van der Waals surface area contributed by atoms with Gasteiger partial charge in [-0.05, 0) is 63.1 Å². The molecule has 5 bridgehead atoms. The number of esters is 1. The number of nitrogens with zero attached hydrogens (tertiary/aromatic N) is 2. The fraction of sp³-hybridized carbons (Fsp3) is 0.531. The molecular weight excluding hydrogens is 550 g/mol. The molecule has 3 aliphatic rings. The van der Waals surface area contributed by atoms with Crippen LogP contribution in [0.1, 0.15) is 70.7 Å². The summed E-state index contributed by atoms with van der Waals surface area (Å²) >= 11 is 0. The van der Waals surface area contributed by atoms with Gasteiger partial charge < -0.3 is 20.1 Å². The van der Waals surface area contributed by atoms with E-state index < -0.39 is 35.5 Å². The summed E-state index contributed by atoms with van der Waals surface area (Å²) in [6.45, 7) is 8.11. The van der Waals surface area contributed by atoms with Crippen LogP contribution in [0.25, 0.3) is 17.0 Å². The van der Waals surface area contributed by atoms with Crippen molar-refractivity contribution in [3.05, 3.63) is 47.7 Å². The van der Waals surface area contributed by atoms with Crippen molar-refractivity contribution in [2.75, 3.05) is 19.8 Å². The number of pyridine rings is 1. The number of hydrogen-bond donors (Lipinski definition) is 3. The molecule has 2 saturated heterocycles. The number of amides is 3. The highest BCUT2D eigenvalue weighted by Crippen LogP contribution is 2.34. The molecule has 1 aromatic heterocycles.